The summed E-state index contributed by atoms with van der Waals surface area (Å²) >= 11 is 18.2. The molecule has 0 heterocycles. The van der Waals surface area contributed by atoms with E-state index in [0.717, 1.165) is 5.56 Å². The zero-order valence-electron chi connectivity index (χ0n) is 11.0. The molecule has 0 aliphatic heterocycles. The van der Waals surface area contributed by atoms with Crippen LogP contribution in [-0.2, 0) is 0 Å². The second-order valence-electron chi connectivity index (χ2n) is 4.41. The molecular formula is C15H13Cl3O2. The Labute approximate surface area is 132 Å². The van der Waals surface area contributed by atoms with E-state index in [1.165, 1.54) is 7.11 Å². The zero-order chi connectivity index (χ0) is 14.9. The van der Waals surface area contributed by atoms with Crippen molar-refractivity contribution in [2.75, 3.05) is 7.11 Å². The molecule has 1 unspecified atom stereocenters. The van der Waals surface area contributed by atoms with E-state index < -0.39 is 6.10 Å². The van der Waals surface area contributed by atoms with Gasteiger partial charge in [0.15, 0.2) is 0 Å². The number of methoxy groups -OCH3 is 1. The number of rotatable bonds is 3. The molecule has 0 radical (unpaired) electrons. The number of hydrogen-bond donors (Lipinski definition) is 1. The third-order valence-electron chi connectivity index (χ3n) is 3.10. The van der Waals surface area contributed by atoms with Crippen LogP contribution in [-0.4, -0.2) is 12.2 Å². The molecule has 20 heavy (non-hydrogen) atoms. The third-order valence-corrected chi connectivity index (χ3v) is 3.96. The van der Waals surface area contributed by atoms with Crippen LogP contribution in [0, 0.1) is 6.92 Å². The highest BCUT2D eigenvalue weighted by atomic mass is 35.5. The van der Waals surface area contributed by atoms with Gasteiger partial charge in [-0.05, 0) is 36.2 Å². The maximum Gasteiger partial charge on any atom is 0.138 e. The number of hydrogen-bond acceptors (Lipinski definition) is 2. The van der Waals surface area contributed by atoms with E-state index >= 15 is 0 Å². The van der Waals surface area contributed by atoms with Gasteiger partial charge in [-0.15, -0.1) is 0 Å². The van der Waals surface area contributed by atoms with Gasteiger partial charge in [-0.1, -0.05) is 40.9 Å². The Morgan fingerprint density at radius 3 is 2.35 bits per heavy atom. The smallest absolute Gasteiger partial charge is 0.138 e. The molecule has 0 amide bonds. The molecular weight excluding hydrogens is 319 g/mol. The van der Waals surface area contributed by atoms with Crippen molar-refractivity contribution in [2.45, 2.75) is 13.0 Å². The quantitative estimate of drug-likeness (QED) is 0.853. The molecule has 0 aliphatic carbocycles. The van der Waals surface area contributed by atoms with Crippen molar-refractivity contribution >= 4 is 34.8 Å². The van der Waals surface area contributed by atoms with E-state index in [-0.39, 0.29) is 0 Å². The average Bonchev–Trinajstić information content (AvgIpc) is 2.42. The molecule has 2 aromatic rings. The SMILES string of the molecule is COc1cc(Cl)c(C(O)c2cc(Cl)ccc2C)cc1Cl. The first kappa shape index (κ1) is 15.5. The van der Waals surface area contributed by atoms with Crippen molar-refractivity contribution in [3.8, 4) is 5.75 Å². The van der Waals surface area contributed by atoms with E-state index in [0.29, 0.717) is 31.9 Å². The Bertz CT molecular complexity index is 641. The van der Waals surface area contributed by atoms with Gasteiger partial charge < -0.3 is 9.84 Å². The second kappa shape index (κ2) is 6.23. The minimum atomic E-state index is -0.899. The van der Waals surface area contributed by atoms with E-state index in [9.17, 15) is 5.11 Å². The van der Waals surface area contributed by atoms with Crippen LogP contribution in [0.5, 0.6) is 5.75 Å². The van der Waals surface area contributed by atoms with Crippen molar-refractivity contribution in [1.29, 1.82) is 0 Å². The van der Waals surface area contributed by atoms with Gasteiger partial charge in [-0.3, -0.25) is 0 Å². The summed E-state index contributed by atoms with van der Waals surface area (Å²) in [6.07, 6.45) is -0.899. The topological polar surface area (TPSA) is 29.5 Å². The molecule has 0 aliphatic rings. The molecule has 2 nitrogen and oxygen atoms in total. The largest absolute Gasteiger partial charge is 0.495 e. The number of aryl methyl sites for hydroxylation is 1. The lowest BCUT2D eigenvalue weighted by Crippen LogP contribution is -2.03. The van der Waals surface area contributed by atoms with Crippen LogP contribution in [0.4, 0.5) is 0 Å². The molecule has 0 saturated carbocycles. The number of ether oxygens (including phenoxy) is 1. The van der Waals surface area contributed by atoms with E-state index in [2.05, 4.69) is 0 Å². The maximum absolute atomic E-state index is 10.5. The average molecular weight is 332 g/mol. The first-order valence-electron chi connectivity index (χ1n) is 5.91. The highest BCUT2D eigenvalue weighted by Crippen LogP contribution is 2.37. The molecule has 2 rings (SSSR count). The van der Waals surface area contributed by atoms with Crippen LogP contribution in [0.25, 0.3) is 0 Å². The Hall–Kier alpha value is -0.930. The second-order valence-corrected chi connectivity index (χ2v) is 5.66. The fraction of sp³-hybridized carbons (Fsp3) is 0.200. The zero-order valence-corrected chi connectivity index (χ0v) is 13.2. The Morgan fingerprint density at radius 1 is 1.00 bits per heavy atom. The van der Waals surface area contributed by atoms with E-state index in [1.54, 1.807) is 24.3 Å². The van der Waals surface area contributed by atoms with Gasteiger partial charge in [-0.2, -0.15) is 0 Å². The predicted molar refractivity (Wildman–Crippen MR) is 83.3 cm³/mol. The lowest BCUT2D eigenvalue weighted by atomic mass is 9.97. The lowest BCUT2D eigenvalue weighted by molar-refractivity contribution is 0.219. The van der Waals surface area contributed by atoms with E-state index in [1.807, 2.05) is 13.0 Å². The first-order chi connectivity index (χ1) is 9.43. The monoisotopic (exact) mass is 330 g/mol. The van der Waals surface area contributed by atoms with Crippen molar-refractivity contribution in [2.24, 2.45) is 0 Å². The molecule has 2 aromatic carbocycles. The molecule has 5 heteroatoms. The lowest BCUT2D eigenvalue weighted by Gasteiger charge is -2.17. The minimum absolute atomic E-state index is 0.387. The van der Waals surface area contributed by atoms with Crippen molar-refractivity contribution in [3.05, 3.63) is 62.1 Å². The Morgan fingerprint density at radius 2 is 1.70 bits per heavy atom. The Kier molecular flexibility index (Phi) is 4.82. The molecule has 0 saturated heterocycles. The van der Waals surface area contributed by atoms with Gasteiger partial charge in [0, 0.05) is 16.7 Å². The van der Waals surface area contributed by atoms with Gasteiger partial charge in [0.05, 0.1) is 17.2 Å². The molecule has 0 fully saturated rings. The molecule has 0 aromatic heterocycles. The normalized spacial score (nSPS) is 12.3. The molecule has 0 spiro atoms. The summed E-state index contributed by atoms with van der Waals surface area (Å²) in [6, 6.07) is 8.53. The molecule has 1 atom stereocenters. The fourth-order valence-electron chi connectivity index (χ4n) is 1.98. The predicted octanol–water partition coefficient (Wildman–Crippen LogP) is 5.05. The Balaban J connectivity index is 2.50. The number of benzene rings is 2. The minimum Gasteiger partial charge on any atom is -0.495 e. The van der Waals surface area contributed by atoms with Gasteiger partial charge in [-0.25, -0.2) is 0 Å². The standard InChI is InChI=1S/C15H13Cl3O2/c1-8-3-4-9(16)5-10(8)15(19)11-6-13(18)14(20-2)7-12(11)17/h3-7,15,19H,1-2H3. The molecule has 1 N–H and O–H groups in total. The summed E-state index contributed by atoms with van der Waals surface area (Å²) in [7, 11) is 1.51. The van der Waals surface area contributed by atoms with Crippen LogP contribution >= 0.6 is 34.8 Å². The first-order valence-corrected chi connectivity index (χ1v) is 7.04. The number of aliphatic hydroxyl groups excluding tert-OH is 1. The van der Waals surface area contributed by atoms with E-state index in [4.69, 9.17) is 39.5 Å². The highest BCUT2D eigenvalue weighted by Gasteiger charge is 2.18. The number of halogens is 3. The van der Waals surface area contributed by atoms with Crippen LogP contribution in [0.3, 0.4) is 0 Å². The highest BCUT2D eigenvalue weighted by molar-refractivity contribution is 6.34. The summed E-state index contributed by atoms with van der Waals surface area (Å²) in [5.41, 5.74) is 2.13. The fourth-order valence-corrected chi connectivity index (χ4v) is 2.67. The van der Waals surface area contributed by atoms with Crippen molar-refractivity contribution in [1.82, 2.24) is 0 Å². The van der Waals surface area contributed by atoms with Gasteiger partial charge in [0.25, 0.3) is 0 Å². The summed E-state index contributed by atoms with van der Waals surface area (Å²) in [6.45, 7) is 1.90. The summed E-state index contributed by atoms with van der Waals surface area (Å²) in [5.74, 6) is 0.468. The maximum atomic E-state index is 10.5. The summed E-state index contributed by atoms with van der Waals surface area (Å²) in [4.78, 5) is 0. The summed E-state index contributed by atoms with van der Waals surface area (Å²) < 4.78 is 5.09. The van der Waals surface area contributed by atoms with Crippen molar-refractivity contribution in [3.63, 3.8) is 0 Å². The van der Waals surface area contributed by atoms with Crippen LogP contribution in [0.2, 0.25) is 15.1 Å². The van der Waals surface area contributed by atoms with Gasteiger partial charge in [0.2, 0.25) is 0 Å². The van der Waals surface area contributed by atoms with Crippen LogP contribution in [0.15, 0.2) is 30.3 Å². The van der Waals surface area contributed by atoms with Gasteiger partial charge in [0.1, 0.15) is 11.9 Å². The summed E-state index contributed by atoms with van der Waals surface area (Å²) in [5, 5.41) is 11.9. The van der Waals surface area contributed by atoms with Crippen molar-refractivity contribution < 1.29 is 9.84 Å². The van der Waals surface area contributed by atoms with Crippen LogP contribution in [0.1, 0.15) is 22.8 Å². The molecule has 0 bridgehead atoms. The van der Waals surface area contributed by atoms with Gasteiger partial charge >= 0.3 is 0 Å². The number of aliphatic hydroxyl groups is 1. The molecule has 106 valence electrons. The van der Waals surface area contributed by atoms with Crippen LogP contribution < -0.4 is 4.74 Å². The third kappa shape index (κ3) is 3.04.